The number of anilines is 1. The first-order valence-electron chi connectivity index (χ1n) is 11.2. The molecule has 2 aromatic heterocycles. The fraction of sp³-hybridized carbons (Fsp3) is 0.435. The Labute approximate surface area is 205 Å². The molecule has 3 aromatic rings. The third kappa shape index (κ3) is 4.80. The first-order valence-corrected chi connectivity index (χ1v) is 13.1. The molecule has 0 bridgehead atoms. The third-order valence-corrected chi connectivity index (χ3v) is 7.67. The highest BCUT2D eigenvalue weighted by Crippen LogP contribution is 2.30. The van der Waals surface area contributed by atoms with Crippen LogP contribution in [0.25, 0.3) is 5.69 Å². The van der Waals surface area contributed by atoms with Gasteiger partial charge in [0.2, 0.25) is 5.95 Å². The van der Waals surface area contributed by atoms with Crippen LogP contribution in [0.5, 0.6) is 0 Å². The van der Waals surface area contributed by atoms with Gasteiger partial charge >= 0.3 is 0 Å². The van der Waals surface area contributed by atoms with Crippen molar-refractivity contribution in [1.82, 2.24) is 24.6 Å². The number of aryl methyl sites for hydroxylation is 1. The Balaban J connectivity index is 0.00000274. The van der Waals surface area contributed by atoms with Gasteiger partial charge in [-0.15, -0.1) is 12.4 Å². The number of benzene rings is 1. The number of fused-ring (bicyclic) bond motifs is 1. The smallest absolute Gasteiger partial charge is 0.225 e. The van der Waals surface area contributed by atoms with E-state index in [0.29, 0.717) is 6.04 Å². The lowest BCUT2D eigenvalue weighted by Gasteiger charge is -2.36. The summed E-state index contributed by atoms with van der Waals surface area (Å²) in [5.41, 5.74) is 3.43. The molecule has 0 saturated carbocycles. The number of halogens is 2. The molecule has 1 aromatic carbocycles. The number of aromatic nitrogens is 4. The van der Waals surface area contributed by atoms with Gasteiger partial charge < -0.3 is 4.90 Å². The largest absolute Gasteiger partial charge is 0.341 e. The summed E-state index contributed by atoms with van der Waals surface area (Å²) in [6, 6.07) is 4.40. The molecule has 34 heavy (non-hydrogen) atoms. The molecule has 2 aliphatic rings. The lowest BCUT2D eigenvalue weighted by molar-refractivity contribution is 0.167. The second-order valence-electron chi connectivity index (χ2n) is 8.80. The fourth-order valence-corrected chi connectivity index (χ4v) is 5.22. The van der Waals surface area contributed by atoms with Crippen molar-refractivity contribution in [2.75, 3.05) is 24.2 Å². The van der Waals surface area contributed by atoms with Gasteiger partial charge in [-0.1, -0.05) is 6.92 Å². The Morgan fingerprint density at radius 3 is 2.41 bits per heavy atom. The Bertz CT molecular complexity index is 1250. The molecule has 11 heteroatoms. The quantitative estimate of drug-likeness (QED) is 0.525. The second-order valence-corrected chi connectivity index (χ2v) is 10.8. The Morgan fingerprint density at radius 1 is 1.12 bits per heavy atom. The Hall–Kier alpha value is -2.56. The molecule has 8 nitrogen and oxygen atoms in total. The predicted octanol–water partition coefficient (Wildman–Crippen LogP) is 3.17. The van der Waals surface area contributed by atoms with Crippen LogP contribution in [0.3, 0.4) is 0 Å². The van der Waals surface area contributed by atoms with Crippen LogP contribution in [0.4, 0.5) is 10.3 Å². The fourth-order valence-electron chi connectivity index (χ4n) is 4.59. The number of piperidine rings is 1. The van der Waals surface area contributed by atoms with E-state index in [0.717, 1.165) is 80.5 Å². The van der Waals surface area contributed by atoms with Gasteiger partial charge in [-0.2, -0.15) is 5.10 Å². The molecular formula is C23H28ClFN6O2S. The monoisotopic (exact) mass is 506 g/mol. The molecule has 4 heterocycles. The van der Waals surface area contributed by atoms with E-state index in [4.69, 9.17) is 0 Å². The minimum Gasteiger partial charge on any atom is -0.341 e. The number of hydrogen-bond donors (Lipinski definition) is 0. The minimum atomic E-state index is -3.45. The maximum absolute atomic E-state index is 14.6. The van der Waals surface area contributed by atoms with E-state index in [-0.39, 0.29) is 23.0 Å². The van der Waals surface area contributed by atoms with Crippen LogP contribution in [-0.4, -0.2) is 58.5 Å². The van der Waals surface area contributed by atoms with Crippen LogP contribution in [-0.2, 0) is 29.3 Å². The molecule has 0 radical (unpaired) electrons. The van der Waals surface area contributed by atoms with Gasteiger partial charge in [-0.25, -0.2) is 27.5 Å². The molecule has 0 spiro atoms. The van der Waals surface area contributed by atoms with E-state index >= 15 is 0 Å². The van der Waals surface area contributed by atoms with Crippen molar-refractivity contribution in [2.24, 2.45) is 0 Å². The van der Waals surface area contributed by atoms with Gasteiger partial charge in [0.15, 0.2) is 9.84 Å². The lowest BCUT2D eigenvalue weighted by atomic mass is 10.0. The van der Waals surface area contributed by atoms with Gasteiger partial charge in [0.1, 0.15) is 11.5 Å². The van der Waals surface area contributed by atoms with E-state index in [1.807, 2.05) is 18.6 Å². The summed E-state index contributed by atoms with van der Waals surface area (Å²) in [5, 5.41) is 4.59. The first kappa shape index (κ1) is 24.6. The molecule has 5 rings (SSSR count). The lowest BCUT2D eigenvalue weighted by Crippen LogP contribution is -2.43. The normalized spacial score (nSPS) is 17.0. The van der Waals surface area contributed by atoms with Crippen molar-refractivity contribution in [1.29, 1.82) is 0 Å². The molecule has 1 fully saturated rings. The van der Waals surface area contributed by atoms with Gasteiger partial charge in [-0.05, 0) is 43.0 Å². The number of sulfone groups is 1. The van der Waals surface area contributed by atoms with Crippen LogP contribution in [0.2, 0.25) is 0 Å². The van der Waals surface area contributed by atoms with Crippen LogP contribution < -0.4 is 4.90 Å². The van der Waals surface area contributed by atoms with Crippen LogP contribution in [0.15, 0.2) is 41.7 Å². The van der Waals surface area contributed by atoms with Crippen LogP contribution >= 0.6 is 12.4 Å². The summed E-state index contributed by atoms with van der Waals surface area (Å²) in [5.74, 6) is 0.202. The van der Waals surface area contributed by atoms with E-state index in [9.17, 15) is 12.8 Å². The van der Waals surface area contributed by atoms with Crippen molar-refractivity contribution in [3.8, 4) is 5.69 Å². The molecule has 182 valence electrons. The van der Waals surface area contributed by atoms with Gasteiger partial charge in [0.05, 0.1) is 10.6 Å². The number of hydrogen-bond acceptors (Lipinski definition) is 7. The molecular weight excluding hydrogens is 479 g/mol. The van der Waals surface area contributed by atoms with Gasteiger partial charge in [0.25, 0.3) is 0 Å². The summed E-state index contributed by atoms with van der Waals surface area (Å²) in [6.45, 7) is 5.45. The summed E-state index contributed by atoms with van der Waals surface area (Å²) in [4.78, 5) is 13.7. The topological polar surface area (TPSA) is 84.2 Å². The average Bonchev–Trinajstić information content (AvgIpc) is 3.38. The first-order chi connectivity index (χ1) is 15.8. The highest BCUT2D eigenvalue weighted by molar-refractivity contribution is 7.90. The Morgan fingerprint density at radius 2 is 1.82 bits per heavy atom. The molecule has 1 saturated heterocycles. The average molecular weight is 507 g/mol. The molecule has 0 atom stereocenters. The van der Waals surface area contributed by atoms with Crippen LogP contribution in [0.1, 0.15) is 36.6 Å². The highest BCUT2D eigenvalue weighted by Gasteiger charge is 2.31. The standard InChI is InChI=1S/C23H27FN6O2S.ClH/c1-3-16-11-25-23(26-12-16)28-8-6-18(7-9-28)29-13-17-14-30(27-21(17)15-29)22-5-4-19(10-20(22)24)33(2,31)32;/h4-5,10-12,14,18H,3,6-9,13,15H2,1-2H3;1H. The van der Waals surface area contributed by atoms with E-state index < -0.39 is 15.7 Å². The zero-order valence-corrected chi connectivity index (χ0v) is 20.8. The van der Waals surface area contributed by atoms with E-state index in [1.165, 1.54) is 16.8 Å². The minimum absolute atomic E-state index is 0. The van der Waals surface area contributed by atoms with Gasteiger partial charge in [-0.3, -0.25) is 4.90 Å². The number of rotatable bonds is 5. The Kier molecular flexibility index (Phi) is 6.93. The summed E-state index contributed by atoms with van der Waals surface area (Å²) >= 11 is 0. The third-order valence-electron chi connectivity index (χ3n) is 6.56. The molecule has 2 aliphatic heterocycles. The van der Waals surface area contributed by atoms with Crippen molar-refractivity contribution in [2.45, 2.75) is 50.2 Å². The second kappa shape index (κ2) is 9.59. The van der Waals surface area contributed by atoms with Crippen molar-refractivity contribution in [3.63, 3.8) is 0 Å². The van der Waals surface area contributed by atoms with Crippen LogP contribution in [0, 0.1) is 5.82 Å². The summed E-state index contributed by atoms with van der Waals surface area (Å²) in [7, 11) is -3.45. The molecule has 0 amide bonds. The van der Waals surface area contributed by atoms with Crippen molar-refractivity contribution < 1.29 is 12.8 Å². The zero-order valence-electron chi connectivity index (χ0n) is 19.2. The van der Waals surface area contributed by atoms with E-state index in [1.54, 1.807) is 0 Å². The SMILES string of the molecule is CCc1cnc(N2CCC(N3Cc4cn(-c5ccc(S(C)(=O)=O)cc5F)nc4C3)CC2)nc1.Cl. The van der Waals surface area contributed by atoms with Crippen molar-refractivity contribution >= 4 is 28.2 Å². The maximum atomic E-state index is 14.6. The predicted molar refractivity (Wildman–Crippen MR) is 130 cm³/mol. The molecule has 0 aliphatic carbocycles. The highest BCUT2D eigenvalue weighted by atomic mass is 35.5. The zero-order chi connectivity index (χ0) is 23.2. The van der Waals surface area contributed by atoms with Crippen molar-refractivity contribution in [3.05, 3.63) is 59.4 Å². The molecule has 0 N–H and O–H groups in total. The van der Waals surface area contributed by atoms with E-state index in [2.05, 4.69) is 31.8 Å². The van der Waals surface area contributed by atoms with Gasteiger partial charge in [0, 0.05) is 62.6 Å². The number of nitrogens with zero attached hydrogens (tertiary/aromatic N) is 6. The summed E-state index contributed by atoms with van der Waals surface area (Å²) < 4.78 is 39.4. The summed E-state index contributed by atoms with van der Waals surface area (Å²) in [6.07, 6.45) is 9.74. The molecule has 0 unspecified atom stereocenters. The maximum Gasteiger partial charge on any atom is 0.225 e.